The highest BCUT2D eigenvalue weighted by Crippen LogP contribution is 2.26. The van der Waals surface area contributed by atoms with Gasteiger partial charge in [-0.15, -0.1) is 0 Å². The van der Waals surface area contributed by atoms with E-state index < -0.39 is 22.0 Å². The largest absolute Gasteiger partial charge is 0.494 e. The molecule has 0 unspecified atom stereocenters. The molecule has 0 heterocycles. The zero-order valence-electron chi connectivity index (χ0n) is 17.5. The molecule has 2 aromatic rings. The van der Waals surface area contributed by atoms with Crippen molar-refractivity contribution >= 4 is 27.3 Å². The number of hydrogen-bond donors (Lipinski definition) is 1. The molecule has 0 aliphatic carbocycles. The van der Waals surface area contributed by atoms with Crippen molar-refractivity contribution in [2.24, 2.45) is 0 Å². The van der Waals surface area contributed by atoms with Crippen molar-refractivity contribution in [3.8, 4) is 11.5 Å². The second kappa shape index (κ2) is 10.7. The fraction of sp³-hybridized carbons (Fsp3) is 0.318. The summed E-state index contributed by atoms with van der Waals surface area (Å²) in [7, 11) is -3.72. The van der Waals surface area contributed by atoms with E-state index in [0.717, 1.165) is 10.6 Å². The number of benzene rings is 2. The van der Waals surface area contributed by atoms with Crippen LogP contribution in [-0.2, 0) is 14.8 Å². The highest BCUT2D eigenvalue weighted by molar-refractivity contribution is 7.92. The van der Waals surface area contributed by atoms with Gasteiger partial charge in [0.2, 0.25) is 15.9 Å². The molecule has 1 amide bonds. The lowest BCUT2D eigenvalue weighted by Crippen LogP contribution is -2.47. The van der Waals surface area contributed by atoms with Gasteiger partial charge in [-0.2, -0.15) is 0 Å². The zero-order chi connectivity index (χ0) is 22.1. The van der Waals surface area contributed by atoms with E-state index in [0.29, 0.717) is 42.5 Å². The van der Waals surface area contributed by atoms with E-state index in [9.17, 15) is 13.2 Å². The minimum absolute atomic E-state index is 0.290. The average molecular weight is 433 g/mol. The maximum absolute atomic E-state index is 13.0. The summed E-state index contributed by atoms with van der Waals surface area (Å²) in [6.07, 6.45) is 3.00. The van der Waals surface area contributed by atoms with Crippen LogP contribution in [-0.4, -0.2) is 39.8 Å². The second-order valence-corrected chi connectivity index (χ2v) is 8.39. The van der Waals surface area contributed by atoms with Crippen LogP contribution < -0.4 is 19.1 Å². The molecule has 8 heteroatoms. The molecular formula is C22H28N2O5S. The Balaban J connectivity index is 2.28. The molecule has 0 saturated carbocycles. The highest BCUT2D eigenvalue weighted by atomic mass is 32.2. The summed E-state index contributed by atoms with van der Waals surface area (Å²) in [5, 5.41) is 2.79. The Morgan fingerprint density at radius 3 is 2.40 bits per heavy atom. The molecule has 0 fully saturated rings. The van der Waals surface area contributed by atoms with E-state index in [-0.39, 0.29) is 0 Å². The maximum Gasteiger partial charge on any atom is 0.248 e. The highest BCUT2D eigenvalue weighted by Gasteiger charge is 2.31. The lowest BCUT2D eigenvalue weighted by atomic mass is 10.1. The number of carbonyl (C=O) groups excluding carboxylic acids is 1. The number of nitrogens with one attached hydrogen (secondary N) is 1. The van der Waals surface area contributed by atoms with Crippen molar-refractivity contribution in [3.63, 3.8) is 0 Å². The smallest absolute Gasteiger partial charge is 0.248 e. The molecule has 0 aliphatic rings. The van der Waals surface area contributed by atoms with Gasteiger partial charge in [0.05, 0.1) is 18.6 Å². The molecule has 7 nitrogen and oxygen atoms in total. The van der Waals surface area contributed by atoms with Crippen LogP contribution in [0.1, 0.15) is 20.3 Å². The summed E-state index contributed by atoms with van der Waals surface area (Å²) < 4.78 is 37.1. The second-order valence-electron chi connectivity index (χ2n) is 6.53. The van der Waals surface area contributed by atoms with Crippen molar-refractivity contribution in [2.45, 2.75) is 26.3 Å². The summed E-state index contributed by atoms with van der Waals surface area (Å²) in [5.74, 6) is 0.772. The number of nitrogens with zero attached hydrogens (tertiary/aromatic N) is 1. The van der Waals surface area contributed by atoms with E-state index in [1.54, 1.807) is 61.5 Å². The molecule has 30 heavy (non-hydrogen) atoms. The number of anilines is 2. The Bertz CT molecular complexity index is 958. The molecule has 0 bridgehead atoms. The molecule has 2 rings (SSSR count). The van der Waals surface area contributed by atoms with Crippen molar-refractivity contribution in [1.29, 1.82) is 0 Å². The van der Waals surface area contributed by atoms with Gasteiger partial charge in [0, 0.05) is 11.8 Å². The lowest BCUT2D eigenvalue weighted by molar-refractivity contribution is -0.117. The fourth-order valence-corrected chi connectivity index (χ4v) is 4.17. The number of sulfonamides is 1. The van der Waals surface area contributed by atoms with E-state index in [4.69, 9.17) is 9.47 Å². The number of hydrogen-bond acceptors (Lipinski definition) is 5. The van der Waals surface area contributed by atoms with Crippen molar-refractivity contribution in [1.82, 2.24) is 0 Å². The van der Waals surface area contributed by atoms with E-state index in [2.05, 4.69) is 11.9 Å². The Morgan fingerprint density at radius 2 is 1.83 bits per heavy atom. The van der Waals surface area contributed by atoms with Gasteiger partial charge in [-0.05, 0) is 49.7 Å². The van der Waals surface area contributed by atoms with Gasteiger partial charge in [-0.1, -0.05) is 25.6 Å². The van der Waals surface area contributed by atoms with Gasteiger partial charge in [0.25, 0.3) is 0 Å². The monoisotopic (exact) mass is 432 g/mol. The lowest BCUT2D eigenvalue weighted by Gasteiger charge is -2.30. The van der Waals surface area contributed by atoms with Crippen molar-refractivity contribution in [3.05, 3.63) is 61.2 Å². The van der Waals surface area contributed by atoms with Crippen LogP contribution in [0.4, 0.5) is 11.4 Å². The van der Waals surface area contributed by atoms with Crippen molar-refractivity contribution < 1.29 is 22.7 Å². The predicted octanol–water partition coefficient (Wildman–Crippen LogP) is 3.83. The molecule has 0 aliphatic heterocycles. The first-order chi connectivity index (χ1) is 14.3. The molecular weight excluding hydrogens is 404 g/mol. The first kappa shape index (κ1) is 23.3. The van der Waals surface area contributed by atoms with Crippen LogP contribution in [0.5, 0.6) is 11.5 Å². The third-order valence-corrected chi connectivity index (χ3v) is 5.38. The summed E-state index contributed by atoms with van der Waals surface area (Å²) in [4.78, 5) is 13.0. The van der Waals surface area contributed by atoms with E-state index in [1.165, 1.54) is 0 Å². The van der Waals surface area contributed by atoms with Crippen molar-refractivity contribution in [2.75, 3.05) is 29.1 Å². The van der Waals surface area contributed by atoms with Crippen LogP contribution >= 0.6 is 0 Å². The number of ether oxygens (including phenoxy) is 2. The first-order valence-electron chi connectivity index (χ1n) is 9.67. The summed E-state index contributed by atoms with van der Waals surface area (Å²) in [5.41, 5.74) is 0.908. The van der Waals surface area contributed by atoms with Crippen LogP contribution in [0.2, 0.25) is 0 Å². The molecule has 0 radical (unpaired) electrons. The van der Waals surface area contributed by atoms with Crippen LogP contribution in [0, 0.1) is 0 Å². The SMILES string of the molecule is C=CCOc1cccc(NC(=O)[C@H](CC)N(c2ccc(OCC)cc2)S(C)(=O)=O)c1. The molecule has 1 atom stereocenters. The minimum atomic E-state index is -3.72. The third kappa shape index (κ3) is 6.25. The predicted molar refractivity (Wildman–Crippen MR) is 120 cm³/mol. The Kier molecular flexibility index (Phi) is 8.29. The van der Waals surface area contributed by atoms with Gasteiger partial charge in [-0.3, -0.25) is 9.10 Å². The summed E-state index contributed by atoms with van der Waals surface area (Å²) >= 11 is 0. The molecule has 1 N–H and O–H groups in total. The molecule has 0 spiro atoms. The normalized spacial score (nSPS) is 12.0. The van der Waals surface area contributed by atoms with Gasteiger partial charge in [-0.25, -0.2) is 8.42 Å². The van der Waals surface area contributed by atoms with Gasteiger partial charge in [0.1, 0.15) is 24.1 Å². The van der Waals surface area contributed by atoms with Gasteiger partial charge in [0.15, 0.2) is 0 Å². The van der Waals surface area contributed by atoms with Gasteiger partial charge < -0.3 is 14.8 Å². The number of rotatable bonds is 11. The summed E-state index contributed by atoms with van der Waals surface area (Å²) in [6.45, 7) is 8.08. The van der Waals surface area contributed by atoms with E-state index >= 15 is 0 Å². The first-order valence-corrected chi connectivity index (χ1v) is 11.5. The third-order valence-electron chi connectivity index (χ3n) is 4.20. The standard InChI is InChI=1S/C22H28N2O5S/c1-5-15-29-20-10-8-9-17(16-20)23-22(25)21(6-2)24(30(4,26)27)18-11-13-19(14-12-18)28-7-3/h5,8-14,16,21H,1,6-7,15H2,2-4H3,(H,23,25)/t21-/m0/s1. The van der Waals surface area contributed by atoms with Crippen LogP contribution in [0.25, 0.3) is 0 Å². The molecule has 0 aromatic heterocycles. The van der Waals surface area contributed by atoms with Crippen LogP contribution in [0.3, 0.4) is 0 Å². The quantitative estimate of drug-likeness (QED) is 0.546. The average Bonchev–Trinajstić information content (AvgIpc) is 2.70. The number of amides is 1. The minimum Gasteiger partial charge on any atom is -0.494 e. The molecule has 0 saturated heterocycles. The fourth-order valence-electron chi connectivity index (χ4n) is 2.96. The Labute approximate surface area is 178 Å². The topological polar surface area (TPSA) is 84.9 Å². The summed E-state index contributed by atoms with van der Waals surface area (Å²) in [6, 6.07) is 12.6. The molecule has 2 aromatic carbocycles. The Hall–Kier alpha value is -3.00. The Morgan fingerprint density at radius 1 is 1.13 bits per heavy atom. The maximum atomic E-state index is 13.0. The van der Waals surface area contributed by atoms with Crippen LogP contribution in [0.15, 0.2) is 61.2 Å². The zero-order valence-corrected chi connectivity index (χ0v) is 18.3. The molecule has 162 valence electrons. The van der Waals surface area contributed by atoms with Gasteiger partial charge >= 0.3 is 0 Å². The number of carbonyl (C=O) groups is 1. The van der Waals surface area contributed by atoms with E-state index in [1.807, 2.05) is 6.92 Å².